The number of hydrogen-bond acceptors (Lipinski definition) is 9. The quantitative estimate of drug-likeness (QED) is 0.323. The van der Waals surface area contributed by atoms with Gasteiger partial charge in [0.15, 0.2) is 0 Å². The lowest BCUT2D eigenvalue weighted by Crippen LogP contribution is -2.36. The zero-order valence-electron chi connectivity index (χ0n) is 19.1. The molecule has 3 N–H and O–H groups in total. The van der Waals surface area contributed by atoms with Gasteiger partial charge in [0.25, 0.3) is 0 Å². The molecule has 0 aliphatic heterocycles. The van der Waals surface area contributed by atoms with E-state index in [4.69, 9.17) is 15.0 Å². The van der Waals surface area contributed by atoms with Crippen molar-refractivity contribution in [2.75, 3.05) is 73.8 Å². The Kier molecular flexibility index (Phi) is 14.1. The summed E-state index contributed by atoms with van der Waals surface area (Å²) in [6.07, 6.45) is 6.03. The van der Waals surface area contributed by atoms with Gasteiger partial charge < -0.3 is 30.0 Å². The normalized spacial score (nSPS) is 11.0. The summed E-state index contributed by atoms with van der Waals surface area (Å²) in [5.74, 6) is 1.61. The Morgan fingerprint density at radius 2 is 0.767 bits per heavy atom. The van der Waals surface area contributed by atoms with Crippen molar-refractivity contribution in [2.24, 2.45) is 0 Å². The Bertz CT molecular complexity index is 475. The molecule has 0 saturated heterocycles. The molecule has 0 aliphatic rings. The van der Waals surface area contributed by atoms with Gasteiger partial charge in [0.1, 0.15) is 0 Å². The molecule has 0 saturated carbocycles. The van der Waals surface area contributed by atoms with E-state index in [9.17, 15) is 15.3 Å². The number of hydrogen-bond donors (Lipinski definition) is 3. The molecule has 9 nitrogen and oxygen atoms in total. The zero-order valence-corrected chi connectivity index (χ0v) is 19.1. The maximum atomic E-state index is 9.56. The minimum absolute atomic E-state index is 0.0203. The molecule has 9 heteroatoms. The third-order valence-corrected chi connectivity index (χ3v) is 4.90. The van der Waals surface area contributed by atoms with Crippen molar-refractivity contribution in [3.8, 4) is 0 Å². The van der Waals surface area contributed by atoms with E-state index >= 15 is 0 Å². The summed E-state index contributed by atoms with van der Waals surface area (Å²) < 4.78 is 0. The highest BCUT2D eigenvalue weighted by Crippen LogP contribution is 2.20. The van der Waals surface area contributed by atoms with Crippen LogP contribution in [-0.2, 0) is 0 Å². The molecule has 0 fully saturated rings. The summed E-state index contributed by atoms with van der Waals surface area (Å²) in [5.41, 5.74) is 0. The molecule has 174 valence electrons. The molecular formula is C21H42N6O3. The fraction of sp³-hybridized carbons (Fsp3) is 0.857. The van der Waals surface area contributed by atoms with E-state index in [1.54, 1.807) is 0 Å². The highest BCUT2D eigenvalue weighted by atomic mass is 16.3. The Morgan fingerprint density at radius 3 is 0.967 bits per heavy atom. The summed E-state index contributed by atoms with van der Waals surface area (Å²) in [4.78, 5) is 20.1. The van der Waals surface area contributed by atoms with Crippen molar-refractivity contribution >= 4 is 17.8 Å². The number of aliphatic hydroxyl groups excluding tert-OH is 3. The first-order chi connectivity index (χ1) is 14.6. The van der Waals surface area contributed by atoms with Crippen molar-refractivity contribution < 1.29 is 15.3 Å². The van der Waals surface area contributed by atoms with Crippen LogP contribution in [0, 0.1) is 0 Å². The van der Waals surface area contributed by atoms with Crippen molar-refractivity contribution in [1.29, 1.82) is 0 Å². The number of aliphatic hydroxyl groups is 3. The molecule has 0 aliphatic carbocycles. The molecule has 0 atom stereocenters. The average molecular weight is 427 g/mol. The van der Waals surface area contributed by atoms with Gasteiger partial charge in [-0.2, -0.15) is 15.0 Å². The van der Waals surface area contributed by atoms with Crippen LogP contribution in [0.2, 0.25) is 0 Å². The summed E-state index contributed by atoms with van der Waals surface area (Å²) in [5, 5.41) is 28.7. The number of unbranched alkanes of at least 4 members (excludes halogenated alkanes) is 3. The van der Waals surface area contributed by atoms with Gasteiger partial charge >= 0.3 is 0 Å². The monoisotopic (exact) mass is 426 g/mol. The van der Waals surface area contributed by atoms with Crippen LogP contribution < -0.4 is 14.7 Å². The van der Waals surface area contributed by atoms with Crippen LogP contribution in [0.4, 0.5) is 17.8 Å². The fourth-order valence-electron chi connectivity index (χ4n) is 3.11. The van der Waals surface area contributed by atoms with Crippen molar-refractivity contribution in [3.63, 3.8) is 0 Å². The Balaban J connectivity index is 3.38. The SMILES string of the molecule is CCCCN(CCO)c1nc(N(CCO)CCCC)nc(N(CCO)CCCC)n1. The Labute approximate surface area is 181 Å². The van der Waals surface area contributed by atoms with E-state index in [0.717, 1.165) is 58.2 Å². The molecule has 30 heavy (non-hydrogen) atoms. The van der Waals surface area contributed by atoms with Crippen LogP contribution in [0.5, 0.6) is 0 Å². The number of rotatable bonds is 18. The molecular weight excluding hydrogens is 384 g/mol. The fourth-order valence-corrected chi connectivity index (χ4v) is 3.11. The minimum atomic E-state index is 0.0203. The number of aromatic nitrogens is 3. The largest absolute Gasteiger partial charge is 0.395 e. The maximum Gasteiger partial charge on any atom is 0.232 e. The van der Waals surface area contributed by atoms with Crippen molar-refractivity contribution in [3.05, 3.63) is 0 Å². The highest BCUT2D eigenvalue weighted by molar-refractivity contribution is 5.46. The van der Waals surface area contributed by atoms with Crippen LogP contribution in [0.3, 0.4) is 0 Å². The van der Waals surface area contributed by atoms with Crippen molar-refractivity contribution in [1.82, 2.24) is 15.0 Å². The van der Waals surface area contributed by atoms with E-state index in [0.29, 0.717) is 37.5 Å². The smallest absolute Gasteiger partial charge is 0.232 e. The second-order valence-electron chi connectivity index (χ2n) is 7.43. The molecule has 0 unspecified atom stereocenters. The van der Waals surface area contributed by atoms with Gasteiger partial charge in [-0.15, -0.1) is 0 Å². The average Bonchev–Trinajstić information content (AvgIpc) is 2.76. The standard InChI is InChI=1S/C21H42N6O3/c1-4-7-10-25(13-16-28)19-22-20(26(14-17-29)11-8-5-2)24-21(23-19)27(15-18-30)12-9-6-3/h28-30H,4-18H2,1-3H3. The second-order valence-corrected chi connectivity index (χ2v) is 7.43. The predicted molar refractivity (Wildman–Crippen MR) is 122 cm³/mol. The molecule has 0 bridgehead atoms. The summed E-state index contributed by atoms with van der Waals surface area (Å²) in [7, 11) is 0. The van der Waals surface area contributed by atoms with Crippen LogP contribution in [0.15, 0.2) is 0 Å². The van der Waals surface area contributed by atoms with E-state index in [1.807, 2.05) is 14.7 Å². The number of anilines is 3. The van der Waals surface area contributed by atoms with Crippen LogP contribution in [0.1, 0.15) is 59.3 Å². The van der Waals surface area contributed by atoms with Gasteiger partial charge in [0, 0.05) is 39.3 Å². The van der Waals surface area contributed by atoms with Crippen LogP contribution in [-0.4, -0.2) is 89.4 Å². The molecule has 1 aromatic heterocycles. The Hall–Kier alpha value is -1.71. The lowest BCUT2D eigenvalue weighted by molar-refractivity contribution is 0.299. The van der Waals surface area contributed by atoms with E-state index in [1.165, 1.54) is 0 Å². The molecule has 1 rings (SSSR count). The minimum Gasteiger partial charge on any atom is -0.395 e. The first-order valence-corrected chi connectivity index (χ1v) is 11.5. The van der Waals surface area contributed by atoms with E-state index in [2.05, 4.69) is 20.8 Å². The zero-order chi connectivity index (χ0) is 22.2. The van der Waals surface area contributed by atoms with Gasteiger partial charge in [0.05, 0.1) is 19.8 Å². The van der Waals surface area contributed by atoms with Gasteiger partial charge in [-0.05, 0) is 19.3 Å². The molecule has 1 heterocycles. The third kappa shape index (κ3) is 8.97. The first-order valence-electron chi connectivity index (χ1n) is 11.5. The van der Waals surface area contributed by atoms with Gasteiger partial charge in [-0.3, -0.25) is 0 Å². The lowest BCUT2D eigenvalue weighted by atomic mass is 10.3. The highest BCUT2D eigenvalue weighted by Gasteiger charge is 2.20. The summed E-state index contributed by atoms with van der Waals surface area (Å²) >= 11 is 0. The van der Waals surface area contributed by atoms with Crippen LogP contribution >= 0.6 is 0 Å². The molecule has 0 aromatic carbocycles. The van der Waals surface area contributed by atoms with Gasteiger partial charge in [-0.25, -0.2) is 0 Å². The van der Waals surface area contributed by atoms with Crippen molar-refractivity contribution in [2.45, 2.75) is 59.3 Å². The maximum absolute atomic E-state index is 9.56. The molecule has 0 spiro atoms. The van der Waals surface area contributed by atoms with Gasteiger partial charge in [0.2, 0.25) is 17.8 Å². The molecule has 0 amide bonds. The topological polar surface area (TPSA) is 109 Å². The van der Waals surface area contributed by atoms with E-state index in [-0.39, 0.29) is 19.8 Å². The van der Waals surface area contributed by atoms with Crippen LogP contribution in [0.25, 0.3) is 0 Å². The third-order valence-electron chi connectivity index (χ3n) is 4.90. The number of nitrogens with zero attached hydrogens (tertiary/aromatic N) is 6. The summed E-state index contributed by atoms with van der Waals surface area (Å²) in [6, 6.07) is 0. The molecule has 0 radical (unpaired) electrons. The first kappa shape index (κ1) is 26.3. The summed E-state index contributed by atoms with van der Waals surface area (Å²) in [6.45, 7) is 10.1. The lowest BCUT2D eigenvalue weighted by Gasteiger charge is -2.28. The van der Waals surface area contributed by atoms with E-state index < -0.39 is 0 Å². The Morgan fingerprint density at radius 1 is 0.500 bits per heavy atom. The van der Waals surface area contributed by atoms with Gasteiger partial charge in [-0.1, -0.05) is 40.0 Å². The predicted octanol–water partition coefficient (Wildman–Crippen LogP) is 1.67. The second kappa shape index (κ2) is 16.0. The molecule has 1 aromatic rings.